The van der Waals surface area contributed by atoms with Crippen molar-refractivity contribution < 1.29 is 19.0 Å². The maximum atomic E-state index is 14.0. The molecule has 7 nitrogen and oxygen atoms in total. The van der Waals surface area contributed by atoms with Gasteiger partial charge in [0.2, 0.25) is 0 Å². The topological polar surface area (TPSA) is 88.8 Å². The van der Waals surface area contributed by atoms with Gasteiger partial charge in [0, 0.05) is 17.7 Å². The molecule has 2 heterocycles. The molecule has 8 heteroatoms. The molecule has 0 amide bonds. The van der Waals surface area contributed by atoms with Gasteiger partial charge in [-0.1, -0.05) is 12.1 Å². The van der Waals surface area contributed by atoms with Crippen LogP contribution >= 0.6 is 0 Å². The number of ether oxygens (including phenoxy) is 1. The molecule has 0 aliphatic carbocycles. The maximum Gasteiger partial charge on any atom is 0.338 e. The Hall–Kier alpha value is -3.78. The molecule has 0 spiro atoms. The van der Waals surface area contributed by atoms with Crippen molar-refractivity contribution in [3.8, 4) is 22.5 Å². The minimum Gasteiger partial charge on any atom is -0.465 e. The van der Waals surface area contributed by atoms with Gasteiger partial charge >= 0.3 is 5.97 Å². The highest BCUT2D eigenvalue weighted by atomic mass is 19.1. The number of hydrogen-bond donors (Lipinski definition) is 2. The van der Waals surface area contributed by atoms with Crippen LogP contribution in [-0.4, -0.2) is 44.9 Å². The Morgan fingerprint density at radius 3 is 2.59 bits per heavy atom. The van der Waals surface area contributed by atoms with Crippen LogP contribution in [0.1, 0.15) is 35.3 Å². The fraction of sp³-hybridized carbons (Fsp3) is 0.269. The number of rotatable bonds is 6. The third-order valence-corrected chi connectivity index (χ3v) is 5.64. The number of fused-ring (bicyclic) bond motifs is 1. The average Bonchev–Trinajstić information content (AvgIpc) is 3.22. The number of carbonyl (C=O) groups is 1. The summed E-state index contributed by atoms with van der Waals surface area (Å²) in [5.41, 5.74) is 5.10. The Morgan fingerprint density at radius 2 is 1.91 bits per heavy atom. The second-order valence-corrected chi connectivity index (χ2v) is 8.97. The quantitative estimate of drug-likeness (QED) is 0.401. The molecule has 4 rings (SSSR count). The number of halogens is 1. The third kappa shape index (κ3) is 4.63. The molecule has 2 aromatic carbocycles. The molecule has 0 unspecified atom stereocenters. The molecule has 0 aliphatic rings. The highest BCUT2D eigenvalue weighted by Crippen LogP contribution is 2.31. The number of aromatic nitrogens is 3. The first kappa shape index (κ1) is 23.4. The molecule has 0 aliphatic heterocycles. The summed E-state index contributed by atoms with van der Waals surface area (Å²) < 4.78 is 20.5. The van der Waals surface area contributed by atoms with E-state index >= 15 is 0 Å². The van der Waals surface area contributed by atoms with Crippen LogP contribution in [-0.2, 0) is 4.74 Å². The van der Waals surface area contributed by atoms with E-state index in [2.05, 4.69) is 16.4 Å². The lowest BCUT2D eigenvalue weighted by molar-refractivity contribution is 0.0601. The number of benzene rings is 2. The normalized spacial score (nSPS) is 11.6. The van der Waals surface area contributed by atoms with Crippen molar-refractivity contribution in [2.75, 3.05) is 19.0 Å². The van der Waals surface area contributed by atoms with Crippen LogP contribution in [0.2, 0.25) is 0 Å². The van der Waals surface area contributed by atoms with Gasteiger partial charge < -0.3 is 15.2 Å². The van der Waals surface area contributed by atoms with E-state index in [1.165, 1.54) is 24.8 Å². The molecule has 34 heavy (non-hydrogen) atoms. The van der Waals surface area contributed by atoms with E-state index in [9.17, 15) is 14.3 Å². The van der Waals surface area contributed by atoms with Crippen LogP contribution in [0.15, 0.2) is 48.7 Å². The molecule has 176 valence electrons. The number of imidazole rings is 1. The summed E-state index contributed by atoms with van der Waals surface area (Å²) in [6, 6.07) is 11.7. The van der Waals surface area contributed by atoms with Crippen LogP contribution < -0.4 is 5.32 Å². The molecule has 0 bridgehead atoms. The van der Waals surface area contributed by atoms with Crippen LogP contribution in [0.3, 0.4) is 0 Å². The van der Waals surface area contributed by atoms with Crippen molar-refractivity contribution in [3.05, 3.63) is 71.2 Å². The molecule has 0 radical (unpaired) electrons. The summed E-state index contributed by atoms with van der Waals surface area (Å²) in [5, 5.41) is 18.2. The van der Waals surface area contributed by atoms with Crippen molar-refractivity contribution in [2.24, 2.45) is 0 Å². The number of hydrogen-bond acceptors (Lipinski definition) is 6. The summed E-state index contributed by atoms with van der Waals surface area (Å²) in [6.07, 6.45) is 1.73. The number of esters is 1. The molecule has 0 atom stereocenters. The molecular formula is C26H27FN4O3. The van der Waals surface area contributed by atoms with Crippen LogP contribution in [0.25, 0.3) is 28.2 Å². The van der Waals surface area contributed by atoms with E-state index in [0.29, 0.717) is 22.6 Å². The standard InChI is InChI=1S/C26H27FN4O3/c1-15-6-7-17(10-16(15)2)23-13-28-24-22(29-14-26(3,4)33)12-21(30-31(23)24)19-9-8-18(27)11-20(19)25(32)34-5/h6-13,29,33H,14H2,1-5H3. The number of nitrogens with one attached hydrogen (secondary N) is 1. The van der Waals surface area contributed by atoms with Gasteiger partial charge in [0.05, 0.1) is 41.5 Å². The Bertz CT molecular complexity index is 1390. The van der Waals surface area contributed by atoms with Crippen molar-refractivity contribution in [2.45, 2.75) is 33.3 Å². The first-order chi connectivity index (χ1) is 16.1. The van der Waals surface area contributed by atoms with Gasteiger partial charge in [0.15, 0.2) is 5.65 Å². The Labute approximate surface area is 197 Å². The minimum absolute atomic E-state index is 0.0654. The lowest BCUT2D eigenvalue weighted by atomic mass is 10.0. The van der Waals surface area contributed by atoms with Gasteiger partial charge in [-0.15, -0.1) is 0 Å². The summed E-state index contributed by atoms with van der Waals surface area (Å²) in [4.78, 5) is 17.0. The molecule has 0 saturated carbocycles. The van der Waals surface area contributed by atoms with Gasteiger partial charge in [-0.3, -0.25) is 0 Å². The van der Waals surface area contributed by atoms with Gasteiger partial charge in [-0.2, -0.15) is 5.10 Å². The van der Waals surface area contributed by atoms with Gasteiger partial charge in [0.1, 0.15) is 5.82 Å². The zero-order chi connectivity index (χ0) is 24.6. The zero-order valence-electron chi connectivity index (χ0n) is 19.8. The van der Waals surface area contributed by atoms with E-state index in [0.717, 1.165) is 22.9 Å². The number of carbonyl (C=O) groups excluding carboxylic acids is 1. The van der Waals surface area contributed by atoms with Crippen molar-refractivity contribution in [3.63, 3.8) is 0 Å². The number of aryl methyl sites for hydroxylation is 2. The lowest BCUT2D eigenvalue weighted by Gasteiger charge is -2.19. The number of nitrogens with zero attached hydrogens (tertiary/aromatic N) is 3. The monoisotopic (exact) mass is 462 g/mol. The van der Waals surface area contributed by atoms with Gasteiger partial charge in [-0.05, 0) is 69.2 Å². The first-order valence-electron chi connectivity index (χ1n) is 10.9. The Balaban J connectivity index is 1.96. The molecule has 2 N–H and O–H groups in total. The van der Waals surface area contributed by atoms with Gasteiger partial charge in [0.25, 0.3) is 0 Å². The highest BCUT2D eigenvalue weighted by Gasteiger charge is 2.21. The predicted octanol–water partition coefficient (Wildman–Crippen LogP) is 4.79. The van der Waals surface area contributed by atoms with Crippen LogP contribution in [0, 0.1) is 19.7 Å². The SMILES string of the molecule is COC(=O)c1cc(F)ccc1-c1cc(NCC(C)(C)O)c2ncc(-c3ccc(C)c(C)c3)n2n1. The summed E-state index contributed by atoms with van der Waals surface area (Å²) in [6.45, 7) is 7.73. The van der Waals surface area contributed by atoms with Crippen molar-refractivity contribution in [1.82, 2.24) is 14.6 Å². The highest BCUT2D eigenvalue weighted by molar-refractivity contribution is 5.97. The van der Waals surface area contributed by atoms with E-state index in [1.54, 1.807) is 30.6 Å². The zero-order valence-corrected chi connectivity index (χ0v) is 19.8. The largest absolute Gasteiger partial charge is 0.465 e. The van der Waals surface area contributed by atoms with Crippen molar-refractivity contribution in [1.29, 1.82) is 0 Å². The molecular weight excluding hydrogens is 435 g/mol. The van der Waals surface area contributed by atoms with E-state index in [-0.39, 0.29) is 12.1 Å². The number of methoxy groups -OCH3 is 1. The molecule has 2 aromatic heterocycles. The minimum atomic E-state index is -0.975. The predicted molar refractivity (Wildman–Crippen MR) is 129 cm³/mol. The second-order valence-electron chi connectivity index (χ2n) is 8.97. The molecule has 0 saturated heterocycles. The van der Waals surface area contributed by atoms with Gasteiger partial charge in [-0.25, -0.2) is 18.7 Å². The third-order valence-electron chi connectivity index (χ3n) is 5.64. The maximum absolute atomic E-state index is 14.0. The summed E-state index contributed by atoms with van der Waals surface area (Å²) in [7, 11) is 1.25. The summed E-state index contributed by atoms with van der Waals surface area (Å²) >= 11 is 0. The molecule has 0 fully saturated rings. The average molecular weight is 463 g/mol. The van der Waals surface area contributed by atoms with E-state index < -0.39 is 17.4 Å². The van der Waals surface area contributed by atoms with Crippen molar-refractivity contribution >= 4 is 17.3 Å². The number of anilines is 1. The smallest absolute Gasteiger partial charge is 0.338 e. The fourth-order valence-corrected chi connectivity index (χ4v) is 3.66. The first-order valence-corrected chi connectivity index (χ1v) is 10.9. The van der Waals surface area contributed by atoms with E-state index in [4.69, 9.17) is 9.84 Å². The van der Waals surface area contributed by atoms with Crippen LogP contribution in [0.5, 0.6) is 0 Å². The van der Waals surface area contributed by atoms with Crippen LogP contribution in [0.4, 0.5) is 10.1 Å². The van der Waals surface area contributed by atoms with E-state index in [1.807, 2.05) is 26.0 Å². The Kier molecular flexibility index (Phi) is 6.10. The lowest BCUT2D eigenvalue weighted by Crippen LogP contribution is -2.29. The fourth-order valence-electron chi connectivity index (χ4n) is 3.66. The number of aliphatic hydroxyl groups is 1. The molecule has 4 aromatic rings. The Morgan fingerprint density at radius 1 is 1.15 bits per heavy atom. The second kappa shape index (κ2) is 8.87. The summed E-state index contributed by atoms with van der Waals surface area (Å²) in [5.74, 6) is -1.22.